The van der Waals surface area contributed by atoms with Crippen molar-refractivity contribution in [1.82, 2.24) is 0 Å². The molecule has 0 unspecified atom stereocenters. The molecule has 0 aliphatic carbocycles. The van der Waals surface area contributed by atoms with Crippen LogP contribution in [0.2, 0.25) is 5.04 Å². The first-order chi connectivity index (χ1) is 12.0. The molecule has 4 heteroatoms. The SMILES string of the molecule is CC(C)(C)[Si](O[C@H](CC=O)[C@H]1CO1)(c1ccccc1)c1ccccc1. The molecule has 0 aromatic heterocycles. The molecular weight excluding hydrogens is 328 g/mol. The summed E-state index contributed by atoms with van der Waals surface area (Å²) in [5.41, 5.74) is 0. The van der Waals surface area contributed by atoms with Crippen molar-refractivity contribution in [3.05, 3.63) is 60.7 Å². The lowest BCUT2D eigenvalue weighted by atomic mass is 10.2. The van der Waals surface area contributed by atoms with Crippen LogP contribution in [-0.2, 0) is 14.0 Å². The van der Waals surface area contributed by atoms with E-state index in [1.807, 2.05) is 12.1 Å². The Bertz CT molecular complexity index is 651. The van der Waals surface area contributed by atoms with Crippen LogP contribution in [0.1, 0.15) is 27.2 Å². The zero-order valence-corrected chi connectivity index (χ0v) is 16.1. The Hall–Kier alpha value is -1.75. The Balaban J connectivity index is 2.16. The van der Waals surface area contributed by atoms with Crippen molar-refractivity contribution in [2.45, 2.75) is 44.4 Å². The van der Waals surface area contributed by atoms with E-state index < -0.39 is 8.32 Å². The molecule has 0 bridgehead atoms. The van der Waals surface area contributed by atoms with Crippen LogP contribution in [0.3, 0.4) is 0 Å². The number of aldehydes is 1. The summed E-state index contributed by atoms with van der Waals surface area (Å²) < 4.78 is 12.4. The highest BCUT2D eigenvalue weighted by molar-refractivity contribution is 6.99. The van der Waals surface area contributed by atoms with Crippen LogP contribution >= 0.6 is 0 Å². The van der Waals surface area contributed by atoms with Gasteiger partial charge < -0.3 is 14.0 Å². The van der Waals surface area contributed by atoms with Crippen molar-refractivity contribution in [3.8, 4) is 0 Å². The first-order valence-electron chi connectivity index (χ1n) is 8.83. The minimum Gasteiger partial charge on any atom is -0.401 e. The lowest BCUT2D eigenvalue weighted by Crippen LogP contribution is -2.68. The second-order valence-electron chi connectivity index (χ2n) is 7.59. The molecule has 132 valence electrons. The average molecular weight is 355 g/mol. The number of hydrogen-bond acceptors (Lipinski definition) is 3. The van der Waals surface area contributed by atoms with Gasteiger partial charge in [0.1, 0.15) is 12.4 Å². The summed E-state index contributed by atoms with van der Waals surface area (Å²) in [5, 5.41) is 2.36. The fourth-order valence-corrected chi connectivity index (χ4v) is 8.28. The fraction of sp³-hybridized carbons (Fsp3) is 0.381. The van der Waals surface area contributed by atoms with E-state index in [-0.39, 0.29) is 17.2 Å². The highest BCUT2D eigenvalue weighted by atomic mass is 28.4. The maximum absolute atomic E-state index is 11.2. The van der Waals surface area contributed by atoms with Crippen LogP contribution in [0, 0.1) is 0 Å². The number of epoxide rings is 1. The number of carbonyl (C=O) groups excluding carboxylic acids is 1. The summed E-state index contributed by atoms with van der Waals surface area (Å²) >= 11 is 0. The Labute approximate surface area is 151 Å². The second-order valence-corrected chi connectivity index (χ2v) is 11.8. The number of ether oxygens (including phenoxy) is 1. The van der Waals surface area contributed by atoms with Gasteiger partial charge in [-0.2, -0.15) is 0 Å². The molecule has 1 saturated heterocycles. The molecule has 1 heterocycles. The number of hydrogen-bond donors (Lipinski definition) is 0. The highest BCUT2D eigenvalue weighted by Crippen LogP contribution is 2.39. The highest BCUT2D eigenvalue weighted by Gasteiger charge is 2.53. The minimum absolute atomic E-state index is 0.0341. The van der Waals surface area contributed by atoms with Crippen LogP contribution in [0.15, 0.2) is 60.7 Å². The summed E-state index contributed by atoms with van der Waals surface area (Å²) in [4.78, 5) is 11.2. The first kappa shape index (κ1) is 18.1. The molecule has 1 fully saturated rings. The predicted molar refractivity (Wildman–Crippen MR) is 103 cm³/mol. The van der Waals surface area contributed by atoms with E-state index in [4.69, 9.17) is 9.16 Å². The van der Waals surface area contributed by atoms with Gasteiger partial charge in [0.15, 0.2) is 0 Å². The Kier molecular flexibility index (Phi) is 5.23. The number of benzene rings is 2. The molecule has 0 radical (unpaired) electrons. The average Bonchev–Trinajstić information content (AvgIpc) is 3.44. The first-order valence-corrected chi connectivity index (χ1v) is 10.7. The Morgan fingerprint density at radius 3 is 1.92 bits per heavy atom. The van der Waals surface area contributed by atoms with Crippen molar-refractivity contribution >= 4 is 25.0 Å². The summed E-state index contributed by atoms with van der Waals surface area (Å²) in [6.45, 7) is 7.40. The monoisotopic (exact) mass is 354 g/mol. The molecule has 0 N–H and O–H groups in total. The van der Waals surface area contributed by atoms with Crippen LogP contribution in [0.4, 0.5) is 0 Å². The number of rotatable bonds is 7. The molecule has 1 aliphatic rings. The smallest absolute Gasteiger partial charge is 0.261 e. The van der Waals surface area contributed by atoms with Gasteiger partial charge in [-0.1, -0.05) is 81.4 Å². The van der Waals surface area contributed by atoms with Gasteiger partial charge in [-0.25, -0.2) is 0 Å². The quantitative estimate of drug-likeness (QED) is 0.436. The molecule has 0 saturated carbocycles. The van der Waals surface area contributed by atoms with E-state index in [9.17, 15) is 4.79 Å². The number of carbonyl (C=O) groups is 1. The van der Waals surface area contributed by atoms with E-state index in [1.165, 1.54) is 10.4 Å². The second kappa shape index (κ2) is 7.24. The van der Waals surface area contributed by atoms with Crippen LogP contribution < -0.4 is 10.4 Å². The molecule has 3 nitrogen and oxygen atoms in total. The zero-order valence-electron chi connectivity index (χ0n) is 15.1. The largest absolute Gasteiger partial charge is 0.401 e. The van der Waals surface area contributed by atoms with Gasteiger partial charge in [0.05, 0.1) is 12.7 Å². The normalized spacial score (nSPS) is 18.6. The maximum Gasteiger partial charge on any atom is 0.261 e. The van der Waals surface area contributed by atoms with Crippen molar-refractivity contribution in [2.24, 2.45) is 0 Å². The van der Waals surface area contributed by atoms with Gasteiger partial charge in [-0.15, -0.1) is 0 Å². The Morgan fingerprint density at radius 2 is 1.56 bits per heavy atom. The summed E-state index contributed by atoms with van der Waals surface area (Å²) in [6.07, 6.45) is 1.16. The molecule has 2 aromatic carbocycles. The molecule has 2 atom stereocenters. The van der Waals surface area contributed by atoms with E-state index in [0.717, 1.165) is 6.29 Å². The molecule has 0 spiro atoms. The van der Waals surface area contributed by atoms with Crippen molar-refractivity contribution in [2.75, 3.05) is 6.61 Å². The van der Waals surface area contributed by atoms with Crippen molar-refractivity contribution < 1.29 is 14.0 Å². The molecule has 3 rings (SSSR count). The molecule has 2 aromatic rings. The van der Waals surface area contributed by atoms with E-state index in [0.29, 0.717) is 13.0 Å². The van der Waals surface area contributed by atoms with Gasteiger partial charge in [0.2, 0.25) is 0 Å². The lowest BCUT2D eigenvalue weighted by molar-refractivity contribution is -0.109. The van der Waals surface area contributed by atoms with Gasteiger partial charge in [-0.05, 0) is 15.4 Å². The van der Waals surface area contributed by atoms with Crippen LogP contribution in [0.25, 0.3) is 0 Å². The minimum atomic E-state index is -2.61. The third kappa shape index (κ3) is 3.61. The predicted octanol–water partition coefficient (Wildman–Crippen LogP) is 2.92. The topological polar surface area (TPSA) is 38.8 Å². The van der Waals surface area contributed by atoms with Crippen molar-refractivity contribution in [1.29, 1.82) is 0 Å². The van der Waals surface area contributed by atoms with Crippen LogP contribution in [0.5, 0.6) is 0 Å². The zero-order chi connectivity index (χ0) is 17.9. The van der Waals surface area contributed by atoms with Crippen LogP contribution in [-0.4, -0.2) is 33.4 Å². The Morgan fingerprint density at radius 1 is 1.08 bits per heavy atom. The van der Waals surface area contributed by atoms with E-state index in [1.54, 1.807) is 0 Å². The fourth-order valence-electron chi connectivity index (χ4n) is 3.56. The summed E-state index contributed by atoms with van der Waals surface area (Å²) in [5.74, 6) is 0. The molecule has 25 heavy (non-hydrogen) atoms. The van der Waals surface area contributed by atoms with Gasteiger partial charge in [0.25, 0.3) is 8.32 Å². The van der Waals surface area contributed by atoms with Crippen molar-refractivity contribution in [3.63, 3.8) is 0 Å². The van der Waals surface area contributed by atoms with E-state index >= 15 is 0 Å². The molecular formula is C21H26O3Si. The molecule has 1 aliphatic heterocycles. The third-order valence-corrected chi connectivity index (χ3v) is 9.91. The van der Waals surface area contributed by atoms with Gasteiger partial charge in [0, 0.05) is 6.42 Å². The van der Waals surface area contributed by atoms with Gasteiger partial charge in [-0.3, -0.25) is 0 Å². The van der Waals surface area contributed by atoms with E-state index in [2.05, 4.69) is 69.3 Å². The lowest BCUT2D eigenvalue weighted by Gasteiger charge is -2.44. The standard InChI is InChI=1S/C21H26O3Si/c1-21(2,3)25(17-10-6-4-7-11-17,18-12-8-5-9-13-18)24-19(14-15-22)20-16-23-20/h4-13,15,19-20H,14,16H2,1-3H3/t19-,20-/m1/s1. The summed E-state index contributed by atoms with van der Waals surface area (Å²) in [6, 6.07) is 21.0. The molecule has 0 amide bonds. The maximum atomic E-state index is 11.2. The third-order valence-electron chi connectivity index (χ3n) is 4.85. The summed E-state index contributed by atoms with van der Waals surface area (Å²) in [7, 11) is -2.61. The van der Waals surface area contributed by atoms with Gasteiger partial charge >= 0.3 is 0 Å².